The zero-order valence-electron chi connectivity index (χ0n) is 8.75. The van der Waals surface area contributed by atoms with Crippen LogP contribution in [0.3, 0.4) is 0 Å². The van der Waals surface area contributed by atoms with Crippen molar-refractivity contribution < 1.29 is 19.1 Å². The summed E-state index contributed by atoms with van der Waals surface area (Å²) in [7, 11) is 0. The summed E-state index contributed by atoms with van der Waals surface area (Å²) in [4.78, 5) is 22.6. The maximum Gasteiger partial charge on any atom is 0.336 e. The molecule has 0 aromatic heterocycles. The lowest BCUT2D eigenvalue weighted by atomic mass is 9.96. The third kappa shape index (κ3) is 2.47. The van der Waals surface area contributed by atoms with E-state index in [2.05, 4.69) is 15.9 Å². The minimum Gasteiger partial charge on any atom is -0.478 e. The number of rotatable bonds is 3. The normalized spacial score (nSPS) is 10.6. The molecule has 5 heteroatoms. The van der Waals surface area contributed by atoms with Crippen molar-refractivity contribution in [1.29, 1.82) is 0 Å². The van der Waals surface area contributed by atoms with E-state index >= 15 is 0 Å². The zero-order chi connectivity index (χ0) is 12.5. The largest absolute Gasteiger partial charge is 0.478 e. The number of hydrogen-bond donors (Lipinski definition) is 1. The Morgan fingerprint density at radius 3 is 2.31 bits per heavy atom. The van der Waals surface area contributed by atoms with Crippen molar-refractivity contribution in [2.24, 2.45) is 5.92 Å². The number of halogens is 2. The summed E-state index contributed by atoms with van der Waals surface area (Å²) >= 11 is 2.93. The summed E-state index contributed by atoms with van der Waals surface area (Å²) in [6.45, 7) is 3.32. The highest BCUT2D eigenvalue weighted by Gasteiger charge is 2.21. The predicted molar refractivity (Wildman–Crippen MR) is 60.2 cm³/mol. The Hall–Kier alpha value is -1.23. The van der Waals surface area contributed by atoms with Crippen LogP contribution in [0.2, 0.25) is 0 Å². The van der Waals surface area contributed by atoms with Gasteiger partial charge in [-0.2, -0.15) is 0 Å². The number of benzene rings is 1. The fourth-order valence-electron chi connectivity index (χ4n) is 1.24. The number of carbonyl (C=O) groups is 2. The van der Waals surface area contributed by atoms with E-state index in [-0.39, 0.29) is 27.3 Å². The highest BCUT2D eigenvalue weighted by atomic mass is 79.9. The van der Waals surface area contributed by atoms with E-state index in [1.807, 2.05) is 0 Å². The van der Waals surface area contributed by atoms with Gasteiger partial charge >= 0.3 is 5.97 Å². The maximum absolute atomic E-state index is 13.2. The average Bonchev–Trinajstić information content (AvgIpc) is 2.19. The lowest BCUT2D eigenvalue weighted by Crippen LogP contribution is -2.14. The molecule has 0 bridgehead atoms. The number of carboxylic acid groups (broad SMARTS) is 1. The average molecular weight is 289 g/mol. The number of carboxylic acids is 1. The SMILES string of the molecule is CC(C)C(=O)c1cc(Br)c(F)cc1C(=O)O. The molecule has 0 aliphatic carbocycles. The first-order chi connectivity index (χ1) is 7.34. The van der Waals surface area contributed by atoms with E-state index in [9.17, 15) is 14.0 Å². The van der Waals surface area contributed by atoms with Gasteiger partial charge in [0, 0.05) is 11.5 Å². The first-order valence-electron chi connectivity index (χ1n) is 4.61. The Bertz CT molecular complexity index is 455. The van der Waals surface area contributed by atoms with Gasteiger partial charge in [-0.25, -0.2) is 9.18 Å². The van der Waals surface area contributed by atoms with Crippen LogP contribution < -0.4 is 0 Å². The number of aromatic carboxylic acids is 1. The van der Waals surface area contributed by atoms with Gasteiger partial charge in [0.2, 0.25) is 0 Å². The molecule has 1 rings (SSSR count). The summed E-state index contributed by atoms with van der Waals surface area (Å²) in [5.74, 6) is -2.67. The summed E-state index contributed by atoms with van der Waals surface area (Å²) in [5, 5.41) is 8.88. The van der Waals surface area contributed by atoms with Crippen molar-refractivity contribution in [3.8, 4) is 0 Å². The third-order valence-electron chi connectivity index (χ3n) is 2.08. The molecule has 1 N–H and O–H groups in total. The van der Waals surface area contributed by atoms with Crippen LogP contribution in [0.25, 0.3) is 0 Å². The first-order valence-corrected chi connectivity index (χ1v) is 5.40. The zero-order valence-corrected chi connectivity index (χ0v) is 10.3. The van der Waals surface area contributed by atoms with Crippen LogP contribution in [0.4, 0.5) is 4.39 Å². The summed E-state index contributed by atoms with van der Waals surface area (Å²) < 4.78 is 13.2. The van der Waals surface area contributed by atoms with E-state index in [4.69, 9.17) is 5.11 Å². The topological polar surface area (TPSA) is 54.4 Å². The summed E-state index contributed by atoms with van der Waals surface area (Å²) in [6.07, 6.45) is 0. The molecule has 0 aliphatic heterocycles. The molecule has 1 aromatic rings. The highest BCUT2D eigenvalue weighted by Crippen LogP contribution is 2.23. The van der Waals surface area contributed by atoms with Crippen LogP contribution in [-0.2, 0) is 0 Å². The molecule has 0 amide bonds. The second-order valence-electron chi connectivity index (χ2n) is 3.64. The van der Waals surface area contributed by atoms with Crippen molar-refractivity contribution in [3.63, 3.8) is 0 Å². The van der Waals surface area contributed by atoms with Crippen molar-refractivity contribution in [2.45, 2.75) is 13.8 Å². The Morgan fingerprint density at radius 1 is 1.31 bits per heavy atom. The Morgan fingerprint density at radius 2 is 1.88 bits per heavy atom. The molecule has 0 saturated heterocycles. The summed E-state index contributed by atoms with van der Waals surface area (Å²) in [5.41, 5.74) is -0.282. The lowest BCUT2D eigenvalue weighted by molar-refractivity contribution is 0.0690. The van der Waals surface area contributed by atoms with E-state index in [1.54, 1.807) is 13.8 Å². The molecule has 1 aromatic carbocycles. The van der Waals surface area contributed by atoms with Gasteiger partial charge in [0.25, 0.3) is 0 Å². The molecular formula is C11H10BrFO3. The lowest BCUT2D eigenvalue weighted by Gasteiger charge is -2.09. The van der Waals surface area contributed by atoms with E-state index < -0.39 is 11.8 Å². The monoisotopic (exact) mass is 288 g/mol. The van der Waals surface area contributed by atoms with Crippen LogP contribution in [0.1, 0.15) is 34.6 Å². The first kappa shape index (κ1) is 12.8. The van der Waals surface area contributed by atoms with E-state index in [0.29, 0.717) is 0 Å². The molecular weight excluding hydrogens is 279 g/mol. The molecule has 0 heterocycles. The summed E-state index contributed by atoms with van der Waals surface area (Å²) in [6, 6.07) is 2.06. The molecule has 0 radical (unpaired) electrons. The van der Waals surface area contributed by atoms with Gasteiger partial charge in [-0.05, 0) is 28.1 Å². The van der Waals surface area contributed by atoms with Crippen molar-refractivity contribution in [2.75, 3.05) is 0 Å². The molecule has 0 aliphatic rings. The second kappa shape index (κ2) is 4.74. The van der Waals surface area contributed by atoms with Gasteiger partial charge in [0.05, 0.1) is 10.0 Å². The van der Waals surface area contributed by atoms with Crippen LogP contribution >= 0.6 is 15.9 Å². The number of Topliss-reactive ketones (excluding diaryl/α,β-unsaturated/α-hetero) is 1. The van der Waals surface area contributed by atoms with E-state index in [1.165, 1.54) is 6.07 Å². The minimum atomic E-state index is -1.31. The Balaban J connectivity index is 3.42. The van der Waals surface area contributed by atoms with Gasteiger partial charge in [0.15, 0.2) is 5.78 Å². The molecule has 3 nitrogen and oxygen atoms in total. The molecule has 0 spiro atoms. The van der Waals surface area contributed by atoms with Crippen LogP contribution in [0, 0.1) is 11.7 Å². The van der Waals surface area contributed by atoms with Crippen LogP contribution in [0.15, 0.2) is 16.6 Å². The van der Waals surface area contributed by atoms with Crippen molar-refractivity contribution in [3.05, 3.63) is 33.5 Å². The van der Waals surface area contributed by atoms with Gasteiger partial charge in [-0.3, -0.25) is 4.79 Å². The Kier molecular flexibility index (Phi) is 3.80. The minimum absolute atomic E-state index is 0.0239. The number of hydrogen-bond acceptors (Lipinski definition) is 2. The predicted octanol–water partition coefficient (Wildman–Crippen LogP) is 3.13. The quantitative estimate of drug-likeness (QED) is 0.870. The molecule has 86 valence electrons. The van der Waals surface area contributed by atoms with Crippen molar-refractivity contribution >= 4 is 27.7 Å². The maximum atomic E-state index is 13.2. The van der Waals surface area contributed by atoms with Gasteiger partial charge in [-0.1, -0.05) is 13.8 Å². The standard InChI is InChI=1S/C11H10BrFO3/c1-5(2)10(14)6-3-8(12)9(13)4-7(6)11(15)16/h3-5H,1-2H3,(H,15,16). The Labute approximate surface area is 100 Å². The van der Waals surface area contributed by atoms with Gasteiger partial charge < -0.3 is 5.11 Å². The van der Waals surface area contributed by atoms with Crippen molar-refractivity contribution in [1.82, 2.24) is 0 Å². The van der Waals surface area contributed by atoms with Gasteiger partial charge in [0.1, 0.15) is 5.82 Å². The highest BCUT2D eigenvalue weighted by molar-refractivity contribution is 9.10. The second-order valence-corrected chi connectivity index (χ2v) is 4.49. The molecule has 16 heavy (non-hydrogen) atoms. The van der Waals surface area contributed by atoms with Gasteiger partial charge in [-0.15, -0.1) is 0 Å². The third-order valence-corrected chi connectivity index (χ3v) is 2.69. The number of carbonyl (C=O) groups excluding carboxylic acids is 1. The van der Waals surface area contributed by atoms with Crippen LogP contribution in [0.5, 0.6) is 0 Å². The smallest absolute Gasteiger partial charge is 0.336 e. The molecule has 0 fully saturated rings. The molecule has 0 atom stereocenters. The van der Waals surface area contributed by atoms with E-state index in [0.717, 1.165) is 6.07 Å². The molecule has 0 unspecified atom stereocenters. The fourth-order valence-corrected chi connectivity index (χ4v) is 1.58. The number of ketones is 1. The fraction of sp³-hybridized carbons (Fsp3) is 0.273. The van der Waals surface area contributed by atoms with Crippen LogP contribution in [-0.4, -0.2) is 16.9 Å². The molecule has 0 saturated carbocycles.